The monoisotopic (exact) mass is 358 g/mol. The van der Waals surface area contributed by atoms with Crippen molar-refractivity contribution in [2.24, 2.45) is 0 Å². The molecule has 2 aromatic carbocycles. The summed E-state index contributed by atoms with van der Waals surface area (Å²) in [6.07, 6.45) is -1.64. The minimum absolute atomic E-state index is 0.198. The number of rotatable bonds is 9. The van der Waals surface area contributed by atoms with E-state index >= 15 is 0 Å². The molecule has 6 nitrogen and oxygen atoms in total. The van der Waals surface area contributed by atoms with Gasteiger partial charge in [0.1, 0.15) is 13.2 Å². The predicted octanol–water partition coefficient (Wildman–Crippen LogP) is 2.85. The highest BCUT2D eigenvalue weighted by atomic mass is 16.6. The molecule has 0 radical (unpaired) electrons. The molecule has 0 aliphatic carbocycles. The van der Waals surface area contributed by atoms with Crippen molar-refractivity contribution >= 4 is 11.9 Å². The molecule has 0 saturated carbocycles. The van der Waals surface area contributed by atoms with Gasteiger partial charge in [0.15, 0.2) is 12.2 Å². The second-order valence-electron chi connectivity index (χ2n) is 5.51. The maximum atomic E-state index is 12.1. The molecule has 2 atom stereocenters. The summed E-state index contributed by atoms with van der Waals surface area (Å²) in [5, 5.41) is 0. The molecule has 0 fully saturated rings. The van der Waals surface area contributed by atoms with E-state index in [0.29, 0.717) is 11.1 Å². The van der Waals surface area contributed by atoms with Crippen LogP contribution < -0.4 is 0 Å². The number of carbonyl (C=O) groups excluding carboxylic acids is 2. The number of methoxy groups -OCH3 is 2. The Morgan fingerprint density at radius 1 is 0.692 bits per heavy atom. The third-order valence-electron chi connectivity index (χ3n) is 3.57. The summed E-state index contributed by atoms with van der Waals surface area (Å²) in [7, 11) is 2.82. The third-order valence-corrected chi connectivity index (χ3v) is 3.57. The SMILES string of the molecule is COCC(=O)O[C@@H](c1ccccc1)[C@@H](OC(=O)COC)c1ccccc1. The summed E-state index contributed by atoms with van der Waals surface area (Å²) in [4.78, 5) is 24.1. The quantitative estimate of drug-likeness (QED) is 0.642. The van der Waals surface area contributed by atoms with E-state index in [0.717, 1.165) is 0 Å². The first-order valence-corrected chi connectivity index (χ1v) is 8.12. The number of hydrogen-bond donors (Lipinski definition) is 0. The van der Waals surface area contributed by atoms with Crippen LogP contribution in [0.15, 0.2) is 60.7 Å². The molecule has 0 unspecified atom stereocenters. The topological polar surface area (TPSA) is 71.1 Å². The molecule has 2 aromatic rings. The van der Waals surface area contributed by atoms with Crippen molar-refractivity contribution in [3.63, 3.8) is 0 Å². The fourth-order valence-electron chi connectivity index (χ4n) is 2.48. The summed E-state index contributed by atoms with van der Waals surface area (Å²) < 4.78 is 20.9. The lowest BCUT2D eigenvalue weighted by atomic mass is 9.98. The minimum Gasteiger partial charge on any atom is -0.451 e. The predicted molar refractivity (Wildman–Crippen MR) is 94.3 cm³/mol. The van der Waals surface area contributed by atoms with Crippen LogP contribution in [0.3, 0.4) is 0 Å². The van der Waals surface area contributed by atoms with Crippen LogP contribution in [0.4, 0.5) is 0 Å². The van der Waals surface area contributed by atoms with Crippen molar-refractivity contribution in [3.8, 4) is 0 Å². The molecule has 0 amide bonds. The highest BCUT2D eigenvalue weighted by Gasteiger charge is 2.31. The van der Waals surface area contributed by atoms with E-state index in [1.807, 2.05) is 60.7 Å². The molecule has 0 spiro atoms. The van der Waals surface area contributed by atoms with E-state index in [1.54, 1.807) is 0 Å². The van der Waals surface area contributed by atoms with Crippen molar-refractivity contribution in [1.29, 1.82) is 0 Å². The van der Waals surface area contributed by atoms with Gasteiger partial charge in [0.2, 0.25) is 0 Å². The lowest BCUT2D eigenvalue weighted by molar-refractivity contribution is -0.174. The second-order valence-corrected chi connectivity index (χ2v) is 5.51. The molecule has 0 bridgehead atoms. The average molecular weight is 358 g/mol. The van der Waals surface area contributed by atoms with Gasteiger partial charge in [0, 0.05) is 14.2 Å². The molecule has 0 heterocycles. The zero-order chi connectivity index (χ0) is 18.8. The number of ether oxygens (including phenoxy) is 4. The Morgan fingerprint density at radius 3 is 1.35 bits per heavy atom. The average Bonchev–Trinajstić information content (AvgIpc) is 2.66. The van der Waals surface area contributed by atoms with Crippen LogP contribution in [0, 0.1) is 0 Å². The van der Waals surface area contributed by atoms with Gasteiger partial charge in [0.25, 0.3) is 0 Å². The van der Waals surface area contributed by atoms with Crippen molar-refractivity contribution in [2.75, 3.05) is 27.4 Å². The van der Waals surface area contributed by atoms with Gasteiger partial charge in [-0.15, -0.1) is 0 Å². The highest BCUT2D eigenvalue weighted by Crippen LogP contribution is 2.35. The molecule has 26 heavy (non-hydrogen) atoms. The van der Waals surface area contributed by atoms with Gasteiger partial charge in [-0.2, -0.15) is 0 Å². The molecule has 0 aliphatic rings. The highest BCUT2D eigenvalue weighted by molar-refractivity contribution is 5.72. The number of esters is 2. The first kappa shape index (κ1) is 19.6. The molecule has 138 valence electrons. The van der Waals surface area contributed by atoms with Crippen LogP contribution in [0.5, 0.6) is 0 Å². The lowest BCUT2D eigenvalue weighted by Gasteiger charge is -2.27. The van der Waals surface area contributed by atoms with Crippen LogP contribution in [-0.2, 0) is 28.5 Å². The van der Waals surface area contributed by atoms with Crippen LogP contribution in [0.2, 0.25) is 0 Å². The zero-order valence-electron chi connectivity index (χ0n) is 14.8. The van der Waals surface area contributed by atoms with Crippen LogP contribution in [0.25, 0.3) is 0 Å². The van der Waals surface area contributed by atoms with Crippen molar-refractivity contribution in [3.05, 3.63) is 71.8 Å². The van der Waals surface area contributed by atoms with Gasteiger partial charge < -0.3 is 18.9 Å². The first-order valence-electron chi connectivity index (χ1n) is 8.12. The van der Waals surface area contributed by atoms with E-state index < -0.39 is 24.1 Å². The summed E-state index contributed by atoms with van der Waals surface area (Å²) in [6, 6.07) is 18.2. The number of benzene rings is 2. The molecule has 0 aliphatic heterocycles. The van der Waals surface area contributed by atoms with Gasteiger partial charge in [-0.3, -0.25) is 0 Å². The lowest BCUT2D eigenvalue weighted by Crippen LogP contribution is -2.26. The summed E-state index contributed by atoms with van der Waals surface area (Å²) in [6.45, 7) is -0.395. The Morgan fingerprint density at radius 2 is 1.04 bits per heavy atom. The van der Waals surface area contributed by atoms with Gasteiger partial charge >= 0.3 is 11.9 Å². The van der Waals surface area contributed by atoms with Crippen molar-refractivity contribution < 1.29 is 28.5 Å². The van der Waals surface area contributed by atoms with Crippen LogP contribution in [0.1, 0.15) is 23.3 Å². The van der Waals surface area contributed by atoms with Crippen LogP contribution in [-0.4, -0.2) is 39.4 Å². The van der Waals surface area contributed by atoms with Crippen LogP contribution >= 0.6 is 0 Å². The maximum Gasteiger partial charge on any atom is 0.332 e. The van der Waals surface area contributed by atoms with E-state index in [-0.39, 0.29) is 13.2 Å². The van der Waals surface area contributed by atoms with E-state index in [4.69, 9.17) is 18.9 Å². The third kappa shape index (κ3) is 5.68. The number of carbonyl (C=O) groups is 2. The first-order chi connectivity index (χ1) is 12.7. The molecule has 0 aromatic heterocycles. The Hall–Kier alpha value is -2.70. The van der Waals surface area contributed by atoms with Gasteiger partial charge in [-0.1, -0.05) is 60.7 Å². The fourth-order valence-corrected chi connectivity index (χ4v) is 2.48. The van der Waals surface area contributed by atoms with Crippen molar-refractivity contribution in [2.45, 2.75) is 12.2 Å². The van der Waals surface area contributed by atoms with E-state index in [2.05, 4.69) is 0 Å². The Kier molecular flexibility index (Phi) is 7.79. The fraction of sp³-hybridized carbons (Fsp3) is 0.300. The zero-order valence-corrected chi connectivity index (χ0v) is 14.8. The molecule has 0 N–H and O–H groups in total. The van der Waals surface area contributed by atoms with Gasteiger partial charge in [-0.25, -0.2) is 9.59 Å². The maximum absolute atomic E-state index is 12.1. The van der Waals surface area contributed by atoms with E-state index in [1.165, 1.54) is 14.2 Å². The Labute approximate surface area is 152 Å². The van der Waals surface area contributed by atoms with Crippen molar-refractivity contribution in [1.82, 2.24) is 0 Å². The second kappa shape index (κ2) is 10.3. The largest absolute Gasteiger partial charge is 0.451 e. The normalized spacial score (nSPS) is 12.8. The summed E-state index contributed by atoms with van der Waals surface area (Å²) in [5.41, 5.74) is 1.41. The van der Waals surface area contributed by atoms with Gasteiger partial charge in [-0.05, 0) is 11.1 Å². The Balaban J connectivity index is 2.39. The summed E-state index contributed by atoms with van der Waals surface area (Å²) >= 11 is 0. The number of hydrogen-bond acceptors (Lipinski definition) is 6. The molecular formula is C20H22O6. The molecule has 6 heteroatoms. The summed E-state index contributed by atoms with van der Waals surface area (Å²) in [5.74, 6) is -1.10. The standard InChI is InChI=1S/C20H22O6/c1-23-13-17(21)25-19(15-9-5-3-6-10-15)20(26-18(22)14-24-2)16-11-7-4-8-12-16/h3-12,19-20H,13-14H2,1-2H3/t19-,20-/m0/s1. The molecule has 2 rings (SSSR count). The Bertz CT molecular complexity index is 624. The molecule has 0 saturated heterocycles. The minimum atomic E-state index is -0.818. The smallest absolute Gasteiger partial charge is 0.332 e. The molecular weight excluding hydrogens is 336 g/mol. The van der Waals surface area contributed by atoms with Gasteiger partial charge in [0.05, 0.1) is 0 Å². The van der Waals surface area contributed by atoms with E-state index in [9.17, 15) is 9.59 Å².